The van der Waals surface area contributed by atoms with Crippen molar-refractivity contribution in [2.45, 2.75) is 38.1 Å². The van der Waals surface area contributed by atoms with Gasteiger partial charge in [-0.05, 0) is 55.8 Å². The van der Waals surface area contributed by atoms with Crippen LogP contribution in [-0.2, 0) is 26.1 Å². The van der Waals surface area contributed by atoms with Crippen molar-refractivity contribution in [3.8, 4) is 5.75 Å². The molecule has 1 heterocycles. The van der Waals surface area contributed by atoms with Crippen molar-refractivity contribution in [1.82, 2.24) is 4.57 Å². The number of carbonyl (C=O) groups is 2. The lowest BCUT2D eigenvalue weighted by Gasteiger charge is -2.06. The zero-order valence-electron chi connectivity index (χ0n) is 18.3. The van der Waals surface area contributed by atoms with Gasteiger partial charge in [0.2, 0.25) is 10.0 Å². The summed E-state index contributed by atoms with van der Waals surface area (Å²) in [7, 11) is -3.91. The number of esters is 1. The Labute approximate surface area is 195 Å². The van der Waals surface area contributed by atoms with Crippen molar-refractivity contribution in [3.05, 3.63) is 52.8 Å². The van der Waals surface area contributed by atoms with Gasteiger partial charge in [0.25, 0.3) is 5.91 Å². The normalized spacial score (nSPS) is 12.2. The lowest BCUT2D eigenvalue weighted by atomic mass is 10.2. The molecule has 0 atom stereocenters. The molecule has 3 rings (SSSR count). The summed E-state index contributed by atoms with van der Waals surface area (Å²) in [6.07, 6.45) is 1.96. The fraction of sp³-hybridized carbons (Fsp3) is 0.318. The van der Waals surface area contributed by atoms with Gasteiger partial charge in [-0.2, -0.15) is 4.99 Å². The van der Waals surface area contributed by atoms with Crippen LogP contribution >= 0.6 is 11.3 Å². The smallest absolute Gasteiger partial charge is 0.326 e. The number of nitrogens with zero attached hydrogens (tertiary/aromatic N) is 2. The minimum Gasteiger partial charge on any atom is -0.494 e. The van der Waals surface area contributed by atoms with E-state index in [9.17, 15) is 18.0 Å². The Bertz CT molecular complexity index is 1320. The van der Waals surface area contributed by atoms with Crippen molar-refractivity contribution in [3.63, 3.8) is 0 Å². The highest BCUT2D eigenvalue weighted by Gasteiger charge is 2.16. The first kappa shape index (κ1) is 24.6. The molecule has 2 aromatic carbocycles. The van der Waals surface area contributed by atoms with Crippen LogP contribution in [0.3, 0.4) is 0 Å². The average Bonchev–Trinajstić information content (AvgIpc) is 3.10. The molecule has 9 nitrogen and oxygen atoms in total. The van der Waals surface area contributed by atoms with E-state index in [1.165, 1.54) is 22.8 Å². The minimum absolute atomic E-state index is 0.0731. The van der Waals surface area contributed by atoms with Crippen LogP contribution in [0.2, 0.25) is 0 Å². The number of thiazole rings is 1. The molecule has 0 unspecified atom stereocenters. The Morgan fingerprint density at radius 2 is 1.85 bits per heavy atom. The second-order valence-electron chi connectivity index (χ2n) is 7.09. The van der Waals surface area contributed by atoms with Crippen LogP contribution in [0.25, 0.3) is 10.2 Å². The first-order valence-corrected chi connectivity index (χ1v) is 12.7. The number of unbranched alkanes of at least 4 members (excludes halogenated alkanes) is 1. The number of amides is 1. The first-order chi connectivity index (χ1) is 15.7. The SMILES string of the molecule is CCCCOc1ccc(C(=O)N=c2sc3cc(S(N)(=O)=O)ccc3n2CC(=O)OCC)cc1. The number of nitrogens with two attached hydrogens (primary N) is 1. The summed E-state index contributed by atoms with van der Waals surface area (Å²) in [4.78, 5) is 29.3. The Kier molecular flexibility index (Phi) is 8.01. The maximum absolute atomic E-state index is 12.8. The van der Waals surface area contributed by atoms with E-state index in [2.05, 4.69) is 11.9 Å². The van der Waals surface area contributed by atoms with E-state index in [0.29, 0.717) is 28.1 Å². The van der Waals surface area contributed by atoms with Gasteiger partial charge >= 0.3 is 5.97 Å². The largest absolute Gasteiger partial charge is 0.494 e. The topological polar surface area (TPSA) is 130 Å². The third-order valence-electron chi connectivity index (χ3n) is 4.64. The van der Waals surface area contributed by atoms with Crippen LogP contribution in [0.15, 0.2) is 52.4 Å². The minimum atomic E-state index is -3.91. The number of rotatable bonds is 9. The molecular formula is C22H25N3O6S2. The number of primary sulfonamides is 1. The second-order valence-corrected chi connectivity index (χ2v) is 9.66. The summed E-state index contributed by atoms with van der Waals surface area (Å²) >= 11 is 1.08. The first-order valence-electron chi connectivity index (χ1n) is 10.4. The zero-order chi connectivity index (χ0) is 24.0. The molecule has 0 aliphatic carbocycles. The maximum Gasteiger partial charge on any atom is 0.326 e. The van der Waals surface area contributed by atoms with E-state index < -0.39 is 21.9 Å². The van der Waals surface area contributed by atoms with E-state index in [0.717, 1.165) is 24.2 Å². The summed E-state index contributed by atoms with van der Waals surface area (Å²) in [6, 6.07) is 10.9. The maximum atomic E-state index is 12.8. The summed E-state index contributed by atoms with van der Waals surface area (Å²) in [6.45, 7) is 4.39. The zero-order valence-corrected chi connectivity index (χ0v) is 19.9. The van der Waals surface area contributed by atoms with Gasteiger partial charge in [0.05, 0.1) is 28.3 Å². The highest BCUT2D eigenvalue weighted by molar-refractivity contribution is 7.89. The van der Waals surface area contributed by atoms with Crippen LogP contribution in [0.1, 0.15) is 37.0 Å². The molecule has 1 amide bonds. The van der Waals surface area contributed by atoms with E-state index >= 15 is 0 Å². The van der Waals surface area contributed by atoms with Gasteiger partial charge in [0.15, 0.2) is 4.80 Å². The van der Waals surface area contributed by atoms with Gasteiger partial charge in [-0.15, -0.1) is 0 Å². The number of hydrogen-bond donors (Lipinski definition) is 1. The molecular weight excluding hydrogens is 466 g/mol. The van der Waals surface area contributed by atoms with E-state index in [1.54, 1.807) is 31.2 Å². The van der Waals surface area contributed by atoms with Crippen LogP contribution in [-0.4, -0.2) is 38.1 Å². The van der Waals surface area contributed by atoms with Crippen molar-refractivity contribution in [1.29, 1.82) is 0 Å². The third kappa shape index (κ3) is 6.28. The lowest BCUT2D eigenvalue weighted by Crippen LogP contribution is -2.23. The van der Waals surface area contributed by atoms with Crippen molar-refractivity contribution >= 4 is 43.5 Å². The van der Waals surface area contributed by atoms with Crippen molar-refractivity contribution in [2.75, 3.05) is 13.2 Å². The summed E-state index contributed by atoms with van der Waals surface area (Å²) in [5, 5.41) is 5.23. The van der Waals surface area contributed by atoms with E-state index in [4.69, 9.17) is 14.6 Å². The quantitative estimate of drug-likeness (QED) is 0.362. The Hall–Kier alpha value is -3.02. The number of aromatic nitrogens is 1. The predicted molar refractivity (Wildman–Crippen MR) is 125 cm³/mol. The van der Waals surface area contributed by atoms with Gasteiger partial charge < -0.3 is 14.0 Å². The van der Waals surface area contributed by atoms with Crippen molar-refractivity contribution in [2.24, 2.45) is 10.1 Å². The number of carbonyl (C=O) groups excluding carboxylic acids is 2. The molecule has 176 valence electrons. The van der Waals surface area contributed by atoms with Gasteiger partial charge in [-0.3, -0.25) is 9.59 Å². The standard InChI is InChI=1S/C22H25N3O6S2/c1-3-5-12-31-16-8-6-15(7-9-16)21(27)24-22-25(14-20(26)30-4-2)18-11-10-17(33(23,28)29)13-19(18)32-22/h6-11,13H,3-5,12,14H2,1-2H3,(H2,23,28,29). The summed E-state index contributed by atoms with van der Waals surface area (Å²) < 4.78 is 36.1. The van der Waals surface area contributed by atoms with E-state index in [-0.39, 0.29) is 22.8 Å². The third-order valence-corrected chi connectivity index (χ3v) is 6.59. The lowest BCUT2D eigenvalue weighted by molar-refractivity contribution is -0.143. The molecule has 11 heteroatoms. The number of ether oxygens (including phenoxy) is 2. The summed E-state index contributed by atoms with van der Waals surface area (Å²) in [5.74, 6) is -0.351. The fourth-order valence-electron chi connectivity index (χ4n) is 2.98. The number of fused-ring (bicyclic) bond motifs is 1. The van der Waals surface area contributed by atoms with Crippen LogP contribution in [0.4, 0.5) is 0 Å². The molecule has 0 spiro atoms. The number of hydrogen-bond acceptors (Lipinski definition) is 7. The molecule has 0 fully saturated rings. The van der Waals surface area contributed by atoms with Crippen LogP contribution < -0.4 is 14.7 Å². The van der Waals surface area contributed by atoms with Crippen LogP contribution in [0, 0.1) is 0 Å². The molecule has 0 aliphatic heterocycles. The molecule has 0 saturated carbocycles. The van der Waals surface area contributed by atoms with Crippen molar-refractivity contribution < 1.29 is 27.5 Å². The fourth-order valence-corrected chi connectivity index (χ4v) is 4.67. The van der Waals surface area contributed by atoms with Crippen LogP contribution in [0.5, 0.6) is 5.75 Å². The Morgan fingerprint density at radius 3 is 2.48 bits per heavy atom. The van der Waals surface area contributed by atoms with Gasteiger partial charge in [0.1, 0.15) is 12.3 Å². The molecule has 3 aromatic rings. The number of sulfonamides is 1. The Morgan fingerprint density at radius 1 is 1.12 bits per heavy atom. The average molecular weight is 492 g/mol. The number of benzene rings is 2. The highest BCUT2D eigenvalue weighted by atomic mass is 32.2. The van der Waals surface area contributed by atoms with Gasteiger partial charge in [0, 0.05) is 5.56 Å². The monoisotopic (exact) mass is 491 g/mol. The summed E-state index contributed by atoms with van der Waals surface area (Å²) in [5.41, 5.74) is 0.884. The van der Waals surface area contributed by atoms with Gasteiger partial charge in [-0.1, -0.05) is 24.7 Å². The molecule has 0 radical (unpaired) electrons. The predicted octanol–water partition coefficient (Wildman–Crippen LogP) is 2.83. The van der Waals surface area contributed by atoms with Gasteiger partial charge in [-0.25, -0.2) is 13.6 Å². The molecule has 0 bridgehead atoms. The molecule has 0 saturated heterocycles. The van der Waals surface area contributed by atoms with E-state index in [1.807, 2.05) is 0 Å². The Balaban J connectivity index is 2.00. The molecule has 33 heavy (non-hydrogen) atoms. The highest BCUT2D eigenvalue weighted by Crippen LogP contribution is 2.22. The molecule has 0 aliphatic rings. The molecule has 2 N–H and O–H groups in total. The second kappa shape index (κ2) is 10.7. The molecule has 1 aromatic heterocycles.